The van der Waals surface area contributed by atoms with Crippen molar-refractivity contribution in [2.45, 2.75) is 70.3 Å². The highest BCUT2D eigenvalue weighted by atomic mass is 19.3. The van der Waals surface area contributed by atoms with E-state index >= 15 is 0 Å². The number of fused-ring (bicyclic) bond motifs is 1. The number of unbranched alkanes of at least 4 members (excludes halogenated alkanes) is 1. The molecule has 1 saturated carbocycles. The number of nitrogens with one attached hydrogen (secondary N) is 2. The summed E-state index contributed by atoms with van der Waals surface area (Å²) < 4.78 is 40.7. The Kier molecular flexibility index (Phi) is 10.4. The van der Waals surface area contributed by atoms with Crippen LogP contribution < -0.4 is 25.2 Å². The van der Waals surface area contributed by atoms with E-state index in [2.05, 4.69) is 20.6 Å². The van der Waals surface area contributed by atoms with Gasteiger partial charge in [-0.3, -0.25) is 9.59 Å². The fourth-order valence-corrected chi connectivity index (χ4v) is 6.21. The molecule has 0 bridgehead atoms. The van der Waals surface area contributed by atoms with Gasteiger partial charge >= 0.3 is 12.0 Å². The molecule has 2 aromatic rings. The van der Waals surface area contributed by atoms with Crippen molar-refractivity contribution in [2.75, 3.05) is 62.1 Å². The average Bonchev–Trinajstić information content (AvgIpc) is 3.59. The van der Waals surface area contributed by atoms with Crippen LogP contribution >= 0.6 is 0 Å². The monoisotopic (exact) mass is 643 g/mol. The van der Waals surface area contributed by atoms with Crippen molar-refractivity contribution in [3.8, 4) is 5.75 Å². The topological polar surface area (TPSA) is 129 Å². The molecule has 46 heavy (non-hydrogen) atoms. The van der Waals surface area contributed by atoms with Gasteiger partial charge < -0.3 is 34.8 Å². The zero-order chi connectivity index (χ0) is 32.8. The van der Waals surface area contributed by atoms with Crippen LogP contribution in [0.4, 0.5) is 36.7 Å². The summed E-state index contributed by atoms with van der Waals surface area (Å²) in [7, 11) is 2.79. The minimum atomic E-state index is -3.56. The summed E-state index contributed by atoms with van der Waals surface area (Å²) in [5, 5.41) is 6.08. The van der Waals surface area contributed by atoms with Gasteiger partial charge in [0.1, 0.15) is 11.4 Å². The standard InChI is InChI=1S/C32H43F2N7O5/c1-4-5-16-46-31(44)40-14-12-21(13-15-40)18-35-28(42)22-10-11-24(26(17-22)45-3)37-30-36-19-25-27(38-30)41(23-8-6-7-9-23)20-32(33,34)29(43)39(25)2/h10-11,17,19,21,23H,4-9,12-16,18,20H2,1-3H3,(H,35,42)(H,36,37,38). The second-order valence-electron chi connectivity index (χ2n) is 12.2. The number of halogens is 2. The Morgan fingerprint density at radius 1 is 1.13 bits per heavy atom. The summed E-state index contributed by atoms with van der Waals surface area (Å²) in [6.45, 7) is 3.40. The molecular weight excluding hydrogens is 600 g/mol. The number of hydrogen-bond acceptors (Lipinski definition) is 9. The molecule has 3 heterocycles. The van der Waals surface area contributed by atoms with Crippen LogP contribution in [-0.4, -0.2) is 91.7 Å². The van der Waals surface area contributed by atoms with Crippen molar-refractivity contribution in [2.24, 2.45) is 5.92 Å². The number of methoxy groups -OCH3 is 1. The van der Waals surface area contributed by atoms with E-state index in [0.29, 0.717) is 43.2 Å². The first-order valence-corrected chi connectivity index (χ1v) is 16.1. The van der Waals surface area contributed by atoms with E-state index < -0.39 is 18.4 Å². The van der Waals surface area contributed by atoms with E-state index in [0.717, 1.165) is 56.3 Å². The maximum Gasteiger partial charge on any atom is 0.409 e. The second-order valence-corrected chi connectivity index (χ2v) is 12.2. The molecule has 0 atom stereocenters. The summed E-state index contributed by atoms with van der Waals surface area (Å²) in [5.74, 6) is -4.08. The molecule has 0 spiro atoms. The highest BCUT2D eigenvalue weighted by Gasteiger charge is 2.48. The van der Waals surface area contributed by atoms with Crippen LogP contribution in [0.1, 0.15) is 68.6 Å². The Balaban J connectivity index is 1.23. The van der Waals surface area contributed by atoms with E-state index in [1.807, 2.05) is 6.92 Å². The van der Waals surface area contributed by atoms with Gasteiger partial charge in [0.25, 0.3) is 11.8 Å². The van der Waals surface area contributed by atoms with Crippen LogP contribution in [0, 0.1) is 5.92 Å². The number of carbonyl (C=O) groups excluding carboxylic acids is 3. The van der Waals surface area contributed by atoms with Gasteiger partial charge in [-0.15, -0.1) is 0 Å². The summed E-state index contributed by atoms with van der Waals surface area (Å²) in [4.78, 5) is 50.9. The first-order chi connectivity index (χ1) is 22.1. The quantitative estimate of drug-likeness (QED) is 0.345. The summed E-state index contributed by atoms with van der Waals surface area (Å²) in [6.07, 6.45) is 7.80. The molecule has 2 fully saturated rings. The molecule has 1 aromatic heterocycles. The number of likely N-dealkylation sites (tertiary alicyclic amines) is 1. The van der Waals surface area contributed by atoms with Crippen LogP contribution in [0.5, 0.6) is 5.75 Å². The van der Waals surface area contributed by atoms with Gasteiger partial charge in [-0.25, -0.2) is 9.78 Å². The molecule has 5 rings (SSSR count). The van der Waals surface area contributed by atoms with Gasteiger partial charge in [-0.2, -0.15) is 13.8 Å². The number of piperidine rings is 1. The van der Waals surface area contributed by atoms with E-state index in [1.165, 1.54) is 20.4 Å². The maximum atomic E-state index is 14.9. The molecular formula is C32H43F2N7O5. The van der Waals surface area contributed by atoms with Gasteiger partial charge in [0, 0.05) is 38.3 Å². The fourth-order valence-electron chi connectivity index (χ4n) is 6.21. The molecule has 3 amide bonds. The number of alkyl halides is 2. The van der Waals surface area contributed by atoms with Crippen molar-refractivity contribution in [3.63, 3.8) is 0 Å². The highest BCUT2D eigenvalue weighted by molar-refractivity contribution is 6.02. The molecule has 1 saturated heterocycles. The number of carbonyl (C=O) groups is 3. The number of benzene rings is 1. The van der Waals surface area contributed by atoms with Crippen LogP contribution in [-0.2, 0) is 9.53 Å². The minimum absolute atomic E-state index is 0.143. The van der Waals surface area contributed by atoms with E-state index in [1.54, 1.807) is 28.0 Å². The van der Waals surface area contributed by atoms with Gasteiger partial charge in [0.05, 0.1) is 32.1 Å². The number of aromatic nitrogens is 2. The molecule has 2 N–H and O–H groups in total. The van der Waals surface area contributed by atoms with Crippen molar-refractivity contribution in [1.82, 2.24) is 20.2 Å². The Morgan fingerprint density at radius 3 is 2.57 bits per heavy atom. The fraction of sp³-hybridized carbons (Fsp3) is 0.594. The number of ether oxygens (including phenoxy) is 2. The van der Waals surface area contributed by atoms with Crippen molar-refractivity contribution >= 4 is 41.0 Å². The largest absolute Gasteiger partial charge is 0.495 e. The number of nitrogens with zero attached hydrogens (tertiary/aromatic N) is 5. The zero-order valence-electron chi connectivity index (χ0n) is 26.7. The summed E-state index contributed by atoms with van der Waals surface area (Å²) >= 11 is 0. The smallest absolute Gasteiger partial charge is 0.409 e. The van der Waals surface area contributed by atoms with E-state index in [4.69, 9.17) is 9.47 Å². The Labute approximate surface area is 267 Å². The number of hydrogen-bond donors (Lipinski definition) is 2. The predicted octanol–water partition coefficient (Wildman–Crippen LogP) is 4.97. The SMILES string of the molecule is CCCCOC(=O)N1CCC(CNC(=O)c2ccc(Nc3ncc4c(n3)N(C3CCCC3)CC(F)(F)C(=O)N4C)c(OC)c2)CC1. The Hall–Kier alpha value is -4.23. The van der Waals surface area contributed by atoms with Crippen LogP contribution in [0.25, 0.3) is 0 Å². The number of amides is 3. The predicted molar refractivity (Wildman–Crippen MR) is 169 cm³/mol. The summed E-state index contributed by atoms with van der Waals surface area (Å²) in [6, 6.07) is 4.77. The van der Waals surface area contributed by atoms with Crippen molar-refractivity contribution in [3.05, 3.63) is 30.0 Å². The lowest BCUT2D eigenvalue weighted by atomic mass is 9.97. The third-order valence-electron chi connectivity index (χ3n) is 8.99. The highest BCUT2D eigenvalue weighted by Crippen LogP contribution is 2.40. The van der Waals surface area contributed by atoms with Crippen molar-refractivity contribution in [1.29, 1.82) is 0 Å². The molecule has 250 valence electrons. The number of anilines is 4. The normalized spacial score (nSPS) is 18.6. The molecule has 0 radical (unpaired) electrons. The first-order valence-electron chi connectivity index (χ1n) is 16.1. The minimum Gasteiger partial charge on any atom is -0.495 e. The molecule has 1 aromatic carbocycles. The lowest BCUT2D eigenvalue weighted by Crippen LogP contribution is -2.48. The lowest BCUT2D eigenvalue weighted by Gasteiger charge is -2.31. The van der Waals surface area contributed by atoms with Crippen LogP contribution in [0.3, 0.4) is 0 Å². The molecule has 14 heteroatoms. The van der Waals surface area contributed by atoms with E-state index in [-0.39, 0.29) is 41.4 Å². The third-order valence-corrected chi connectivity index (χ3v) is 8.99. The lowest BCUT2D eigenvalue weighted by molar-refractivity contribution is -0.140. The first kappa shape index (κ1) is 33.1. The van der Waals surface area contributed by atoms with E-state index in [9.17, 15) is 23.2 Å². The molecule has 2 aliphatic heterocycles. The molecule has 3 aliphatic rings. The van der Waals surface area contributed by atoms with Gasteiger partial charge in [-0.05, 0) is 56.2 Å². The third kappa shape index (κ3) is 7.42. The van der Waals surface area contributed by atoms with Crippen LogP contribution in [0.15, 0.2) is 24.4 Å². The van der Waals surface area contributed by atoms with Gasteiger partial charge in [0.15, 0.2) is 5.82 Å². The van der Waals surface area contributed by atoms with Crippen molar-refractivity contribution < 1.29 is 32.6 Å². The summed E-state index contributed by atoms with van der Waals surface area (Å²) in [5.41, 5.74) is 1.10. The van der Waals surface area contributed by atoms with Gasteiger partial charge in [0.2, 0.25) is 5.95 Å². The maximum absolute atomic E-state index is 14.9. The van der Waals surface area contributed by atoms with Crippen LogP contribution in [0.2, 0.25) is 0 Å². The zero-order valence-corrected chi connectivity index (χ0v) is 26.7. The van der Waals surface area contributed by atoms with Gasteiger partial charge in [-0.1, -0.05) is 26.2 Å². The molecule has 0 unspecified atom stereocenters. The number of rotatable bonds is 10. The second kappa shape index (κ2) is 14.5. The molecule has 1 aliphatic carbocycles. The Bertz CT molecular complexity index is 1410. The Morgan fingerprint density at radius 2 is 1.87 bits per heavy atom. The molecule has 12 nitrogen and oxygen atoms in total. The average molecular weight is 644 g/mol.